The maximum Gasteiger partial charge on any atom is 0.235 e. The molecule has 0 aromatic carbocycles. The van der Waals surface area contributed by atoms with Gasteiger partial charge in [0.05, 0.1) is 12.5 Å². The number of carbonyl (C=O) groups is 2. The van der Waals surface area contributed by atoms with Gasteiger partial charge in [0.25, 0.3) is 0 Å². The number of hydrogen-bond acceptors (Lipinski definition) is 5. The fourth-order valence-corrected chi connectivity index (χ4v) is 1.36. The van der Waals surface area contributed by atoms with E-state index in [2.05, 4.69) is 0 Å². The lowest BCUT2D eigenvalue weighted by Crippen LogP contribution is -2.50. The SMILES string of the molecule is NCCN(CCN)[C@@H](CC(N)=O)C(N)=O. The number of primary amides is 2. The van der Waals surface area contributed by atoms with Crippen molar-refractivity contribution in [2.45, 2.75) is 12.5 Å². The molecule has 0 unspecified atom stereocenters. The largest absolute Gasteiger partial charge is 0.370 e. The van der Waals surface area contributed by atoms with E-state index >= 15 is 0 Å². The molecular formula is C8H19N5O2. The predicted molar refractivity (Wildman–Crippen MR) is 56.5 cm³/mol. The van der Waals surface area contributed by atoms with E-state index in [1.54, 1.807) is 4.90 Å². The van der Waals surface area contributed by atoms with Crippen molar-refractivity contribution in [3.05, 3.63) is 0 Å². The zero-order valence-electron chi connectivity index (χ0n) is 8.69. The highest BCUT2D eigenvalue weighted by Gasteiger charge is 2.24. The number of carbonyl (C=O) groups excluding carboxylic acids is 2. The zero-order chi connectivity index (χ0) is 11.8. The van der Waals surface area contributed by atoms with Gasteiger partial charge < -0.3 is 22.9 Å². The Morgan fingerprint density at radius 1 is 1.07 bits per heavy atom. The highest BCUT2D eigenvalue weighted by atomic mass is 16.2. The van der Waals surface area contributed by atoms with Crippen LogP contribution in [0.4, 0.5) is 0 Å². The third-order valence-corrected chi connectivity index (χ3v) is 2.00. The topological polar surface area (TPSA) is 141 Å². The quantitative estimate of drug-likeness (QED) is 0.341. The van der Waals surface area contributed by atoms with Crippen LogP contribution in [-0.4, -0.2) is 48.9 Å². The van der Waals surface area contributed by atoms with Crippen LogP contribution in [0, 0.1) is 0 Å². The minimum atomic E-state index is -0.713. The second kappa shape index (κ2) is 7.16. The Bertz CT molecular complexity index is 215. The summed E-state index contributed by atoms with van der Waals surface area (Å²) in [7, 11) is 0. The van der Waals surface area contributed by atoms with E-state index in [9.17, 15) is 9.59 Å². The Labute approximate surface area is 88.7 Å². The molecule has 0 rings (SSSR count). The predicted octanol–water partition coefficient (Wildman–Crippen LogP) is -3.06. The molecule has 0 fully saturated rings. The summed E-state index contributed by atoms with van der Waals surface area (Å²) < 4.78 is 0. The Kier molecular flexibility index (Phi) is 6.59. The van der Waals surface area contributed by atoms with Crippen molar-refractivity contribution in [1.29, 1.82) is 0 Å². The van der Waals surface area contributed by atoms with Crippen molar-refractivity contribution < 1.29 is 9.59 Å². The number of nitrogens with two attached hydrogens (primary N) is 4. The molecule has 0 aromatic rings. The summed E-state index contributed by atoms with van der Waals surface area (Å²) in [6, 6.07) is -0.713. The summed E-state index contributed by atoms with van der Waals surface area (Å²) in [5.74, 6) is -1.16. The van der Waals surface area contributed by atoms with Crippen molar-refractivity contribution >= 4 is 11.8 Å². The minimum absolute atomic E-state index is 0.102. The van der Waals surface area contributed by atoms with Gasteiger partial charge in [-0.25, -0.2) is 0 Å². The molecule has 0 aliphatic rings. The van der Waals surface area contributed by atoms with E-state index in [1.807, 2.05) is 0 Å². The van der Waals surface area contributed by atoms with Crippen LogP contribution in [0.15, 0.2) is 0 Å². The van der Waals surface area contributed by atoms with Gasteiger partial charge in [0.2, 0.25) is 11.8 Å². The Balaban J connectivity index is 4.50. The summed E-state index contributed by atoms with van der Waals surface area (Å²) in [4.78, 5) is 23.5. The van der Waals surface area contributed by atoms with E-state index in [0.29, 0.717) is 26.2 Å². The second-order valence-corrected chi connectivity index (χ2v) is 3.20. The number of hydrogen-bond donors (Lipinski definition) is 4. The highest BCUT2D eigenvalue weighted by molar-refractivity contribution is 5.86. The fourth-order valence-electron chi connectivity index (χ4n) is 1.36. The summed E-state index contributed by atoms with van der Waals surface area (Å²) in [5.41, 5.74) is 21.0. The molecule has 0 saturated heterocycles. The highest BCUT2D eigenvalue weighted by Crippen LogP contribution is 2.02. The zero-order valence-corrected chi connectivity index (χ0v) is 8.69. The maximum absolute atomic E-state index is 11.1. The van der Waals surface area contributed by atoms with Gasteiger partial charge in [-0.15, -0.1) is 0 Å². The third-order valence-electron chi connectivity index (χ3n) is 2.00. The van der Waals surface area contributed by atoms with Gasteiger partial charge in [-0.2, -0.15) is 0 Å². The normalized spacial score (nSPS) is 12.7. The average Bonchev–Trinajstić information content (AvgIpc) is 2.13. The molecule has 0 spiro atoms. The van der Waals surface area contributed by atoms with Crippen molar-refractivity contribution in [2.75, 3.05) is 26.2 Å². The molecule has 0 radical (unpaired) electrons. The van der Waals surface area contributed by atoms with E-state index in [0.717, 1.165) is 0 Å². The first kappa shape index (κ1) is 13.8. The summed E-state index contributed by atoms with van der Waals surface area (Å²) in [6.45, 7) is 1.64. The molecule has 0 aliphatic heterocycles. The average molecular weight is 217 g/mol. The first-order valence-corrected chi connectivity index (χ1v) is 4.74. The van der Waals surface area contributed by atoms with Crippen LogP contribution in [-0.2, 0) is 9.59 Å². The Morgan fingerprint density at radius 3 is 1.80 bits per heavy atom. The van der Waals surface area contributed by atoms with Crippen molar-refractivity contribution in [1.82, 2.24) is 4.90 Å². The van der Waals surface area contributed by atoms with E-state index in [1.165, 1.54) is 0 Å². The number of nitrogens with zero attached hydrogens (tertiary/aromatic N) is 1. The molecule has 0 aromatic heterocycles. The van der Waals surface area contributed by atoms with Crippen LogP contribution in [0.2, 0.25) is 0 Å². The lowest BCUT2D eigenvalue weighted by atomic mass is 10.1. The second-order valence-electron chi connectivity index (χ2n) is 3.20. The lowest BCUT2D eigenvalue weighted by Gasteiger charge is -2.27. The number of amides is 2. The van der Waals surface area contributed by atoms with Crippen LogP contribution in [0.3, 0.4) is 0 Å². The van der Waals surface area contributed by atoms with Gasteiger partial charge in [0.1, 0.15) is 0 Å². The molecule has 0 heterocycles. The summed E-state index contributed by atoms with van der Waals surface area (Å²) in [5, 5.41) is 0. The van der Waals surface area contributed by atoms with Crippen LogP contribution in [0.5, 0.6) is 0 Å². The first-order chi connectivity index (χ1) is 7.02. The van der Waals surface area contributed by atoms with E-state index in [4.69, 9.17) is 22.9 Å². The molecule has 7 nitrogen and oxygen atoms in total. The molecule has 0 bridgehead atoms. The third kappa shape index (κ3) is 5.31. The number of rotatable bonds is 8. The van der Waals surface area contributed by atoms with Crippen LogP contribution in [0.1, 0.15) is 6.42 Å². The van der Waals surface area contributed by atoms with Gasteiger partial charge in [0.15, 0.2) is 0 Å². The molecule has 2 amide bonds. The van der Waals surface area contributed by atoms with E-state index < -0.39 is 17.9 Å². The van der Waals surface area contributed by atoms with Gasteiger partial charge in [-0.1, -0.05) is 0 Å². The van der Waals surface area contributed by atoms with Gasteiger partial charge in [-0.05, 0) is 0 Å². The molecule has 8 N–H and O–H groups in total. The standard InChI is InChI=1S/C8H19N5O2/c9-1-3-13(4-2-10)6(8(12)15)5-7(11)14/h6H,1-5,9-10H2,(H2,11,14)(H2,12,15)/t6-/m0/s1. The molecule has 0 saturated carbocycles. The first-order valence-electron chi connectivity index (χ1n) is 4.74. The molecule has 7 heteroatoms. The minimum Gasteiger partial charge on any atom is -0.370 e. The van der Waals surface area contributed by atoms with Crippen LogP contribution >= 0.6 is 0 Å². The molecule has 1 atom stereocenters. The van der Waals surface area contributed by atoms with E-state index in [-0.39, 0.29) is 6.42 Å². The lowest BCUT2D eigenvalue weighted by molar-refractivity contribution is -0.128. The smallest absolute Gasteiger partial charge is 0.235 e. The van der Waals surface area contributed by atoms with Gasteiger partial charge >= 0.3 is 0 Å². The Morgan fingerprint density at radius 2 is 1.53 bits per heavy atom. The maximum atomic E-state index is 11.1. The van der Waals surface area contributed by atoms with Gasteiger partial charge in [0, 0.05) is 26.2 Å². The molecule has 15 heavy (non-hydrogen) atoms. The van der Waals surface area contributed by atoms with Crippen molar-refractivity contribution in [2.24, 2.45) is 22.9 Å². The van der Waals surface area contributed by atoms with Crippen LogP contribution < -0.4 is 22.9 Å². The monoisotopic (exact) mass is 217 g/mol. The summed E-state index contributed by atoms with van der Waals surface area (Å²) in [6.07, 6.45) is -0.102. The molecule has 88 valence electrons. The fraction of sp³-hybridized carbons (Fsp3) is 0.750. The van der Waals surface area contributed by atoms with Crippen molar-refractivity contribution in [3.63, 3.8) is 0 Å². The summed E-state index contributed by atoms with van der Waals surface area (Å²) >= 11 is 0. The molecular weight excluding hydrogens is 198 g/mol. The van der Waals surface area contributed by atoms with Crippen LogP contribution in [0.25, 0.3) is 0 Å². The van der Waals surface area contributed by atoms with Gasteiger partial charge in [-0.3, -0.25) is 14.5 Å². The molecule has 0 aliphatic carbocycles. The Hall–Kier alpha value is -1.18. The van der Waals surface area contributed by atoms with Crippen molar-refractivity contribution in [3.8, 4) is 0 Å².